The third-order valence-electron chi connectivity index (χ3n) is 3.87. The van der Waals surface area contributed by atoms with E-state index in [2.05, 4.69) is 5.32 Å². The molecule has 25 heavy (non-hydrogen) atoms. The van der Waals surface area contributed by atoms with Crippen LogP contribution in [-0.4, -0.2) is 15.9 Å². The number of aryl methyl sites for hydroxylation is 1. The van der Waals surface area contributed by atoms with E-state index in [4.69, 9.17) is 12.2 Å². The third kappa shape index (κ3) is 3.41. The zero-order valence-corrected chi connectivity index (χ0v) is 14.2. The summed E-state index contributed by atoms with van der Waals surface area (Å²) in [7, 11) is 0. The fourth-order valence-electron chi connectivity index (χ4n) is 2.54. The van der Waals surface area contributed by atoms with E-state index in [1.54, 1.807) is 18.2 Å². The number of nitrogens with zero attached hydrogens (tertiary/aromatic N) is 2. The highest BCUT2D eigenvalue weighted by Gasteiger charge is 2.31. The smallest absolute Gasteiger partial charge is 0.281 e. The Morgan fingerprint density at radius 1 is 1.24 bits per heavy atom. The Balaban J connectivity index is 1.88. The van der Waals surface area contributed by atoms with Gasteiger partial charge in [0.25, 0.3) is 11.6 Å². The molecule has 0 saturated carbocycles. The Morgan fingerprint density at radius 2 is 1.96 bits per heavy atom. The number of thiocarbonyl (C=S) groups is 1. The lowest BCUT2D eigenvalue weighted by Crippen LogP contribution is -2.30. The molecule has 0 aliphatic carbocycles. The van der Waals surface area contributed by atoms with Crippen LogP contribution in [0.5, 0.6) is 0 Å². The molecule has 1 aliphatic heterocycles. The molecule has 0 aromatic heterocycles. The molecule has 1 saturated heterocycles. The number of carbonyl (C=O) groups is 1. The Morgan fingerprint density at radius 3 is 2.60 bits per heavy atom. The molecule has 0 radical (unpaired) electrons. The van der Waals surface area contributed by atoms with Crippen molar-refractivity contribution in [1.29, 1.82) is 0 Å². The summed E-state index contributed by atoms with van der Waals surface area (Å²) in [5.74, 6) is -0.253. The van der Waals surface area contributed by atoms with Crippen LogP contribution in [0.4, 0.5) is 11.4 Å². The standard InChI is InChI=1S/C18H15N3O3S/c1-2-12-4-3-5-15(10-12)20-17(22)16(19-18(20)25)11-13-6-8-14(9-7-13)21(23)24/h3-11H,2H2,1H3,(H,19,25)/b16-11+. The SMILES string of the molecule is CCc1cccc(N2C(=O)/C(=C\c3ccc([N+](=O)[O-])cc3)NC2=S)c1. The van der Waals surface area contributed by atoms with Crippen molar-refractivity contribution in [2.45, 2.75) is 13.3 Å². The van der Waals surface area contributed by atoms with E-state index in [0.717, 1.165) is 12.0 Å². The molecule has 7 heteroatoms. The van der Waals surface area contributed by atoms with E-state index < -0.39 is 4.92 Å². The first-order valence-corrected chi connectivity index (χ1v) is 8.11. The third-order valence-corrected chi connectivity index (χ3v) is 4.15. The minimum Gasteiger partial charge on any atom is -0.327 e. The summed E-state index contributed by atoms with van der Waals surface area (Å²) in [5.41, 5.74) is 2.84. The lowest BCUT2D eigenvalue weighted by molar-refractivity contribution is -0.384. The number of hydrogen-bond acceptors (Lipinski definition) is 4. The van der Waals surface area contributed by atoms with Crippen LogP contribution < -0.4 is 10.2 Å². The Hall–Kier alpha value is -3.06. The van der Waals surface area contributed by atoms with Gasteiger partial charge in [-0.1, -0.05) is 19.1 Å². The minimum atomic E-state index is -0.465. The number of benzene rings is 2. The first-order valence-electron chi connectivity index (χ1n) is 7.70. The normalized spacial score (nSPS) is 15.6. The van der Waals surface area contributed by atoms with Gasteiger partial charge in [-0.2, -0.15) is 0 Å². The van der Waals surface area contributed by atoms with Gasteiger partial charge in [-0.25, -0.2) is 0 Å². The molecule has 1 N–H and O–H groups in total. The maximum absolute atomic E-state index is 12.7. The molecule has 0 atom stereocenters. The molecule has 1 amide bonds. The number of rotatable bonds is 4. The number of nitro benzene ring substituents is 1. The number of hydrogen-bond donors (Lipinski definition) is 1. The van der Waals surface area contributed by atoms with Crippen LogP contribution in [0.2, 0.25) is 0 Å². The number of amides is 1. The largest absolute Gasteiger partial charge is 0.327 e. The predicted molar refractivity (Wildman–Crippen MR) is 100 cm³/mol. The molecule has 1 aliphatic rings. The first kappa shape index (κ1) is 16.8. The molecular weight excluding hydrogens is 338 g/mol. The van der Waals surface area contributed by atoms with E-state index in [-0.39, 0.29) is 11.6 Å². The first-order chi connectivity index (χ1) is 12.0. The second-order valence-corrected chi connectivity index (χ2v) is 5.89. The molecular formula is C18H15N3O3S. The number of anilines is 1. The van der Waals surface area contributed by atoms with Gasteiger partial charge in [-0.15, -0.1) is 0 Å². The van der Waals surface area contributed by atoms with Crippen molar-refractivity contribution in [2.24, 2.45) is 0 Å². The summed E-state index contributed by atoms with van der Waals surface area (Å²) >= 11 is 5.29. The van der Waals surface area contributed by atoms with Crippen molar-refractivity contribution in [1.82, 2.24) is 5.32 Å². The molecule has 0 spiro atoms. The highest BCUT2D eigenvalue weighted by Crippen LogP contribution is 2.24. The van der Waals surface area contributed by atoms with Gasteiger partial charge in [0.05, 0.1) is 10.6 Å². The van der Waals surface area contributed by atoms with Crippen LogP contribution in [0, 0.1) is 10.1 Å². The summed E-state index contributed by atoms with van der Waals surface area (Å²) in [5, 5.41) is 13.9. The summed E-state index contributed by atoms with van der Waals surface area (Å²) in [6, 6.07) is 13.6. The predicted octanol–water partition coefficient (Wildman–Crippen LogP) is 3.42. The van der Waals surface area contributed by atoms with Crippen LogP contribution in [0.3, 0.4) is 0 Å². The van der Waals surface area contributed by atoms with Crippen molar-refractivity contribution in [2.75, 3.05) is 4.90 Å². The van der Waals surface area contributed by atoms with Crippen molar-refractivity contribution in [3.8, 4) is 0 Å². The van der Waals surface area contributed by atoms with Crippen molar-refractivity contribution in [3.63, 3.8) is 0 Å². The van der Waals surface area contributed by atoms with Gasteiger partial charge in [0.1, 0.15) is 5.70 Å². The minimum absolute atomic E-state index is 0.00128. The molecule has 1 heterocycles. The average molecular weight is 353 g/mol. The van der Waals surface area contributed by atoms with E-state index in [0.29, 0.717) is 22.1 Å². The second kappa shape index (κ2) is 6.82. The summed E-state index contributed by atoms with van der Waals surface area (Å²) < 4.78 is 0. The average Bonchev–Trinajstić information content (AvgIpc) is 2.89. The highest BCUT2D eigenvalue weighted by molar-refractivity contribution is 7.80. The molecule has 2 aromatic carbocycles. The van der Waals surface area contributed by atoms with Gasteiger partial charge in [-0.05, 0) is 60.1 Å². The van der Waals surface area contributed by atoms with Crippen molar-refractivity contribution in [3.05, 3.63) is 75.5 Å². The maximum Gasteiger partial charge on any atom is 0.281 e. The van der Waals surface area contributed by atoms with E-state index in [9.17, 15) is 14.9 Å². The van der Waals surface area contributed by atoms with E-state index in [1.165, 1.54) is 17.0 Å². The van der Waals surface area contributed by atoms with Gasteiger partial charge >= 0.3 is 0 Å². The topological polar surface area (TPSA) is 75.5 Å². The second-order valence-electron chi connectivity index (χ2n) is 5.50. The van der Waals surface area contributed by atoms with E-state index >= 15 is 0 Å². The molecule has 3 rings (SSSR count). The molecule has 6 nitrogen and oxygen atoms in total. The van der Waals surface area contributed by atoms with Crippen molar-refractivity contribution >= 4 is 40.7 Å². The lowest BCUT2D eigenvalue weighted by atomic mass is 10.1. The van der Waals surface area contributed by atoms with Crippen LogP contribution in [0.25, 0.3) is 6.08 Å². The van der Waals surface area contributed by atoms with Gasteiger partial charge < -0.3 is 5.32 Å². The summed E-state index contributed by atoms with van der Waals surface area (Å²) in [4.78, 5) is 24.4. The quantitative estimate of drug-likeness (QED) is 0.394. The highest BCUT2D eigenvalue weighted by atomic mass is 32.1. The van der Waals surface area contributed by atoms with Gasteiger partial charge in [0.2, 0.25) is 0 Å². The molecule has 2 aromatic rings. The van der Waals surface area contributed by atoms with Crippen LogP contribution in [0.15, 0.2) is 54.2 Å². The Labute approximate surface area is 149 Å². The number of nitro groups is 1. The summed E-state index contributed by atoms with van der Waals surface area (Å²) in [6.45, 7) is 2.04. The number of non-ortho nitro benzene ring substituents is 1. The van der Waals surface area contributed by atoms with Crippen LogP contribution in [0.1, 0.15) is 18.1 Å². The van der Waals surface area contributed by atoms with Crippen molar-refractivity contribution < 1.29 is 9.72 Å². The monoisotopic (exact) mass is 353 g/mol. The number of nitrogens with one attached hydrogen (secondary N) is 1. The fourth-order valence-corrected chi connectivity index (χ4v) is 2.84. The maximum atomic E-state index is 12.7. The molecule has 1 fully saturated rings. The lowest BCUT2D eigenvalue weighted by Gasteiger charge is -2.14. The van der Waals surface area contributed by atoms with Gasteiger partial charge in [-0.3, -0.25) is 19.8 Å². The van der Waals surface area contributed by atoms with E-state index in [1.807, 2.05) is 31.2 Å². The van der Waals surface area contributed by atoms with Gasteiger partial charge in [0, 0.05) is 12.1 Å². The fraction of sp³-hybridized carbons (Fsp3) is 0.111. The van der Waals surface area contributed by atoms with Gasteiger partial charge in [0.15, 0.2) is 5.11 Å². The number of carbonyl (C=O) groups excluding carboxylic acids is 1. The Kier molecular flexibility index (Phi) is 4.58. The van der Waals surface area contributed by atoms with Crippen LogP contribution in [-0.2, 0) is 11.2 Å². The van der Waals surface area contributed by atoms with Crippen LogP contribution >= 0.6 is 12.2 Å². The Bertz CT molecular complexity index is 891. The molecule has 126 valence electrons. The molecule has 0 unspecified atom stereocenters. The molecule has 0 bridgehead atoms. The zero-order valence-electron chi connectivity index (χ0n) is 13.4. The summed E-state index contributed by atoms with van der Waals surface area (Å²) in [6.07, 6.45) is 2.49. The zero-order chi connectivity index (χ0) is 18.0.